The second-order valence-corrected chi connectivity index (χ2v) is 39.9. The number of amides is 7. The van der Waals surface area contributed by atoms with Crippen LogP contribution in [0.3, 0.4) is 0 Å². The first-order chi connectivity index (χ1) is 61.5. The van der Waals surface area contributed by atoms with Gasteiger partial charge in [-0.05, 0) is 176 Å². The number of rotatable bonds is 13. The van der Waals surface area contributed by atoms with Gasteiger partial charge in [-0.1, -0.05) is 57.5 Å². The van der Waals surface area contributed by atoms with Gasteiger partial charge in [0.15, 0.2) is 6.61 Å². The number of ether oxygens (including phenoxy) is 5. The largest absolute Gasteiger partial charge is 0.468 e. The second-order valence-electron chi connectivity index (χ2n) is 39.9. The van der Waals surface area contributed by atoms with Crippen molar-refractivity contribution < 1.29 is 106 Å². The molecule has 5 aromatic rings. The van der Waals surface area contributed by atoms with E-state index in [1.165, 1.54) is 45.1 Å². The number of benzene rings is 1. The molecule has 9 atom stereocenters. The summed E-state index contributed by atoms with van der Waals surface area (Å²) in [6.45, 7) is 41.8. The van der Waals surface area contributed by atoms with Crippen molar-refractivity contribution in [1.82, 2.24) is 58.3 Å². The SMILES string of the molecule is CCC.COC1CC(F)(F)C1.Cc1cc(=O)[nH]c(C)c1C(=O)N1CC2CN(C(=O)OC(C)(C)C)CC2C1.Cc1cc(=O)n(CC(F)(F)F)c(C)c1C(=O)N1CC2CN(C(=O)OC(C)(C)C)CC2C1.Cc1cc(=O)n(CC(F)(F)F)c(C)c1C(=O)N1CC2CN(CCC(C)c3ccccc3)CC2C1.Cc1cc(OCC(F)(F)F)nc(C)c1C(=O)N1CC2CN(C(=O)OC(C)(C)C)CC2C1. The van der Waals surface area contributed by atoms with Crippen molar-refractivity contribution in [2.45, 2.75) is 231 Å². The fourth-order valence-corrected chi connectivity index (χ4v) is 18.8. The summed E-state index contributed by atoms with van der Waals surface area (Å²) in [6.07, 6.45) is -12.6. The van der Waals surface area contributed by atoms with Gasteiger partial charge < -0.3 is 77.0 Å². The van der Waals surface area contributed by atoms with E-state index in [-0.39, 0.29) is 130 Å². The molecule has 14 rings (SSSR count). The maximum atomic E-state index is 13.3. The van der Waals surface area contributed by atoms with E-state index in [9.17, 15) is 96.2 Å². The first-order valence-electron chi connectivity index (χ1n) is 45.3. The zero-order valence-corrected chi connectivity index (χ0v) is 80.1. The number of alkyl halides is 11. The van der Waals surface area contributed by atoms with Crippen molar-refractivity contribution in [2.75, 3.05) is 125 Å². The van der Waals surface area contributed by atoms with Crippen LogP contribution in [0.2, 0.25) is 0 Å². The van der Waals surface area contributed by atoms with Gasteiger partial charge in [-0.2, -0.15) is 39.5 Å². The molecule has 738 valence electrons. The molecule has 0 radical (unpaired) electrons. The number of nitrogens with one attached hydrogen (secondary N) is 1. The highest BCUT2D eigenvalue weighted by atomic mass is 19.4. The zero-order valence-electron chi connectivity index (χ0n) is 80.1. The molecule has 1 aromatic carbocycles. The molecule has 4 aromatic heterocycles. The molecule has 12 heterocycles. The molecule has 1 N–H and O–H groups in total. The molecular weight excluding hydrogens is 1760 g/mol. The van der Waals surface area contributed by atoms with E-state index in [1.54, 1.807) is 91.7 Å². The summed E-state index contributed by atoms with van der Waals surface area (Å²) in [7, 11) is 1.46. The molecule has 1 aliphatic carbocycles. The number of carbonyl (C=O) groups is 7. The Morgan fingerprint density at radius 1 is 0.451 bits per heavy atom. The molecule has 1 saturated carbocycles. The summed E-state index contributed by atoms with van der Waals surface area (Å²) in [4.78, 5) is 146. The van der Waals surface area contributed by atoms with Crippen molar-refractivity contribution in [1.29, 1.82) is 0 Å². The third-order valence-corrected chi connectivity index (χ3v) is 25.0. The van der Waals surface area contributed by atoms with Crippen LogP contribution >= 0.6 is 0 Å². The third-order valence-electron chi connectivity index (χ3n) is 25.0. The minimum atomic E-state index is -4.57. The van der Waals surface area contributed by atoms with Crippen molar-refractivity contribution in [2.24, 2.45) is 47.3 Å². The lowest BCUT2D eigenvalue weighted by Crippen LogP contribution is -2.40. The molecule has 0 spiro atoms. The van der Waals surface area contributed by atoms with Gasteiger partial charge in [0.2, 0.25) is 11.4 Å². The summed E-state index contributed by atoms with van der Waals surface area (Å²) in [5.41, 5.74) is 2.32. The Hall–Kier alpha value is -10.1. The van der Waals surface area contributed by atoms with Gasteiger partial charge in [0.25, 0.3) is 40.7 Å². The average molecular weight is 1890 g/mol. The topological polar surface area (TPSA) is 281 Å². The number of carbonyl (C=O) groups excluding carboxylic acids is 7. The number of hydrogen-bond acceptors (Lipinski definition) is 17. The van der Waals surface area contributed by atoms with Crippen LogP contribution in [0.1, 0.15) is 207 Å². The summed E-state index contributed by atoms with van der Waals surface area (Å²) in [5.74, 6) is -1.23. The van der Waals surface area contributed by atoms with E-state index < -0.39 is 72.1 Å². The molecule has 27 nitrogen and oxygen atoms in total. The highest BCUT2D eigenvalue weighted by Gasteiger charge is 2.50. The number of aromatic nitrogens is 4. The van der Waals surface area contributed by atoms with Gasteiger partial charge >= 0.3 is 36.8 Å². The predicted molar refractivity (Wildman–Crippen MR) is 476 cm³/mol. The summed E-state index contributed by atoms with van der Waals surface area (Å²) in [6, 6.07) is 15.5. The van der Waals surface area contributed by atoms with E-state index in [0.717, 1.165) is 38.2 Å². The number of nitrogens with zero attached hydrogens (tertiary/aromatic N) is 11. The smallest absolute Gasteiger partial charge is 0.422 e. The number of aryl methyl sites for hydroxylation is 6. The van der Waals surface area contributed by atoms with Crippen LogP contribution in [-0.2, 0) is 32.0 Å². The highest BCUT2D eigenvalue weighted by molar-refractivity contribution is 5.99. The Morgan fingerprint density at radius 3 is 1.07 bits per heavy atom. The van der Waals surface area contributed by atoms with Crippen LogP contribution in [0.25, 0.3) is 0 Å². The van der Waals surface area contributed by atoms with Gasteiger partial charge in [0, 0.05) is 202 Å². The summed E-state index contributed by atoms with van der Waals surface area (Å²) >= 11 is 0. The van der Waals surface area contributed by atoms with E-state index in [4.69, 9.17) is 18.9 Å². The lowest BCUT2D eigenvalue weighted by atomic mass is 9.91. The standard InChI is InChI=1S/C26H32F3N3O2.2C21H28F3N3O4.C19H27N3O4.C5H8F2O.C3H8/c1-17(20-7-5-4-6-8-20)9-10-30-12-21-14-31(15-22(21)13-30)25(34)24-18(2)11-23(33)32(19(24)3)16-26(27,28)29;1-12-6-16(30-11-21(22,23)24)25-13(2)17(12)18(28)26-7-14-9-27(10-15(14)8-26)19(29)31-20(3,4)5;1-12-6-16(28)27(11-21(22,23)24)13(2)17(12)18(29)25-7-14-9-26(10-15(14)8-25)19(30)31-20(3,4)5;1-11-6-15(23)20-12(2)16(11)17(24)21-7-13-9-22(10-14(13)8-21)18(25)26-19(3,4)5;1-8-4-2-5(6,7)3-4;1-3-2/h4-8,11,17,21-22H,9-10,12-16H2,1-3H3;2*6,14-15H,7-11H2,1-5H3;6,13-14H,7-10H2,1-5H3,(H,20,23);4H,2-3H2,1H3;3H2,1-2H3. The number of methoxy groups -OCH3 is 1. The molecule has 9 fully saturated rings. The molecule has 0 bridgehead atoms. The van der Waals surface area contributed by atoms with Gasteiger partial charge in [0.1, 0.15) is 29.9 Å². The Labute approximate surface area is 769 Å². The first-order valence-corrected chi connectivity index (χ1v) is 45.3. The number of fused-ring (bicyclic) bond motifs is 4. The van der Waals surface area contributed by atoms with Crippen molar-refractivity contribution in [3.8, 4) is 5.88 Å². The molecule has 7 amide bonds. The molecule has 9 aliphatic rings. The number of halogens is 11. The quantitative estimate of drug-likeness (QED) is 0.0846. The van der Waals surface area contributed by atoms with Gasteiger partial charge in [-0.25, -0.2) is 28.1 Å². The molecule has 9 unspecified atom stereocenters. The van der Waals surface area contributed by atoms with Crippen LogP contribution in [-0.4, -0.2) is 273 Å². The fraction of sp³-hybridized carbons (Fsp3) is 0.653. The molecule has 8 saturated heterocycles. The van der Waals surface area contributed by atoms with Crippen LogP contribution in [0.15, 0.2) is 69.0 Å². The fourth-order valence-electron chi connectivity index (χ4n) is 18.8. The average Bonchev–Trinajstić information content (AvgIpc) is 1.73. The van der Waals surface area contributed by atoms with E-state index in [0.29, 0.717) is 163 Å². The number of likely N-dealkylation sites (tertiary alicyclic amines) is 8. The third kappa shape index (κ3) is 29.0. The summed E-state index contributed by atoms with van der Waals surface area (Å²) in [5, 5.41) is 0. The van der Waals surface area contributed by atoms with Crippen LogP contribution in [0, 0.1) is 103 Å². The monoisotopic (exact) mass is 1890 g/mol. The minimum absolute atomic E-state index is 0.0137. The molecule has 8 aliphatic heterocycles. The van der Waals surface area contributed by atoms with Gasteiger partial charge in [-0.15, -0.1) is 0 Å². The Bertz CT molecular complexity index is 5060. The van der Waals surface area contributed by atoms with E-state index in [1.807, 2.05) is 52.5 Å². The maximum Gasteiger partial charge on any atom is 0.422 e. The van der Waals surface area contributed by atoms with Crippen LogP contribution in [0.4, 0.5) is 62.7 Å². The Kier molecular flexibility index (Phi) is 34.3. The van der Waals surface area contributed by atoms with Crippen molar-refractivity contribution in [3.05, 3.63) is 159 Å². The van der Waals surface area contributed by atoms with Crippen LogP contribution in [0.5, 0.6) is 5.88 Å². The second kappa shape index (κ2) is 42.8. The normalized spacial score (nSPS) is 21.7. The molecular formula is C95H131F11N12O15. The highest BCUT2D eigenvalue weighted by Crippen LogP contribution is 2.41. The van der Waals surface area contributed by atoms with Gasteiger partial charge in [0.05, 0.1) is 34.1 Å². The zero-order chi connectivity index (χ0) is 99.2. The van der Waals surface area contributed by atoms with Crippen LogP contribution < -0.4 is 21.4 Å². The number of aromatic amines is 1. The Balaban J connectivity index is 0.000000192. The van der Waals surface area contributed by atoms with Crippen molar-refractivity contribution >= 4 is 41.9 Å². The number of H-pyrrole nitrogens is 1. The van der Waals surface area contributed by atoms with E-state index >= 15 is 0 Å². The minimum Gasteiger partial charge on any atom is -0.468 e. The molecule has 38 heteroatoms. The number of hydrogen-bond donors (Lipinski definition) is 1. The summed E-state index contributed by atoms with van der Waals surface area (Å²) < 4.78 is 165. The lowest BCUT2D eigenvalue weighted by Gasteiger charge is -2.33. The molecule has 133 heavy (non-hydrogen) atoms. The van der Waals surface area contributed by atoms with Crippen molar-refractivity contribution in [3.63, 3.8) is 0 Å². The Morgan fingerprint density at radius 2 is 0.767 bits per heavy atom. The maximum absolute atomic E-state index is 13.3. The first kappa shape index (κ1) is 107. The van der Waals surface area contributed by atoms with Gasteiger partial charge in [-0.3, -0.25) is 33.6 Å². The predicted octanol–water partition coefficient (Wildman–Crippen LogP) is 15.5. The van der Waals surface area contributed by atoms with E-state index in [2.05, 4.69) is 64.6 Å². The lowest BCUT2D eigenvalue weighted by molar-refractivity contribution is -0.155. The number of pyridine rings is 4.